The van der Waals surface area contributed by atoms with E-state index in [1.54, 1.807) is 12.1 Å². The highest BCUT2D eigenvalue weighted by atomic mass is 16.3. The van der Waals surface area contributed by atoms with E-state index < -0.39 is 54.1 Å². The monoisotopic (exact) mass is 548 g/mol. The van der Waals surface area contributed by atoms with Crippen molar-refractivity contribution < 1.29 is 39.6 Å². The normalized spacial score (nSPS) is 20.4. The quantitative estimate of drug-likeness (QED) is 0.138. The molecule has 0 saturated carbocycles. The van der Waals surface area contributed by atoms with E-state index in [0.29, 0.717) is 70.1 Å². The van der Waals surface area contributed by atoms with Crippen LogP contribution >= 0.6 is 0 Å². The molecule has 0 aliphatic carbocycles. The Hall–Kier alpha value is -2.90. The lowest BCUT2D eigenvalue weighted by Gasteiger charge is -2.27. The van der Waals surface area contributed by atoms with Crippen LogP contribution in [0.25, 0.3) is 0 Å². The van der Waals surface area contributed by atoms with Crippen LogP contribution in [0.3, 0.4) is 0 Å². The van der Waals surface area contributed by atoms with Crippen LogP contribution in [-0.4, -0.2) is 92.5 Å². The molecule has 0 bridgehead atoms. The molecule has 39 heavy (non-hydrogen) atoms. The topological polar surface area (TPSA) is 203 Å². The molecule has 3 rings (SSSR count). The van der Waals surface area contributed by atoms with E-state index in [2.05, 4.69) is 10.6 Å². The van der Waals surface area contributed by atoms with Crippen molar-refractivity contribution in [3.05, 3.63) is 29.3 Å². The number of aliphatic hydroxyl groups is 4. The van der Waals surface area contributed by atoms with Crippen molar-refractivity contribution in [2.24, 2.45) is 5.73 Å². The van der Waals surface area contributed by atoms with Gasteiger partial charge in [0.25, 0.3) is 11.8 Å². The van der Waals surface area contributed by atoms with Gasteiger partial charge in [-0.05, 0) is 76.5 Å². The van der Waals surface area contributed by atoms with Gasteiger partial charge < -0.3 is 31.5 Å². The van der Waals surface area contributed by atoms with E-state index in [1.165, 1.54) is 6.07 Å². The Kier molecular flexibility index (Phi) is 11.4. The summed E-state index contributed by atoms with van der Waals surface area (Å²) in [5, 5.41) is 45.6. The number of carbonyl (C=O) groups excluding carboxylic acids is 4. The highest BCUT2D eigenvalue weighted by Crippen LogP contribution is 2.32. The zero-order valence-corrected chi connectivity index (χ0v) is 22.1. The minimum atomic E-state index is -1.04. The maximum atomic E-state index is 13.1. The van der Waals surface area contributed by atoms with Crippen LogP contribution in [-0.2, 0) is 9.59 Å². The molecule has 5 atom stereocenters. The molecule has 4 amide bonds. The highest BCUT2D eigenvalue weighted by molar-refractivity contribution is 6.25. The van der Waals surface area contributed by atoms with Gasteiger partial charge in [0.15, 0.2) is 0 Å². The van der Waals surface area contributed by atoms with Crippen LogP contribution in [0.15, 0.2) is 18.2 Å². The Morgan fingerprint density at radius 2 is 1.41 bits per heavy atom. The van der Waals surface area contributed by atoms with E-state index in [0.717, 1.165) is 4.90 Å². The predicted octanol–water partition coefficient (Wildman–Crippen LogP) is 0.0228. The van der Waals surface area contributed by atoms with E-state index >= 15 is 0 Å². The van der Waals surface area contributed by atoms with Crippen LogP contribution in [0.4, 0.5) is 5.69 Å². The fourth-order valence-corrected chi connectivity index (χ4v) is 4.96. The second-order valence-corrected chi connectivity index (χ2v) is 10.3. The molecular weight excluding hydrogens is 508 g/mol. The first-order valence-electron chi connectivity index (χ1n) is 13.6. The van der Waals surface area contributed by atoms with Crippen LogP contribution in [0.5, 0.6) is 0 Å². The summed E-state index contributed by atoms with van der Waals surface area (Å²) >= 11 is 0. The third-order valence-electron chi connectivity index (χ3n) is 7.26. The summed E-state index contributed by atoms with van der Waals surface area (Å²) in [5.41, 5.74) is 6.14. The lowest BCUT2D eigenvalue weighted by atomic mass is 9.99. The molecule has 5 unspecified atom stereocenters. The number of carbonyl (C=O) groups is 4. The summed E-state index contributed by atoms with van der Waals surface area (Å²) in [4.78, 5) is 50.7. The lowest BCUT2D eigenvalue weighted by molar-refractivity contribution is -0.136. The first-order chi connectivity index (χ1) is 18.6. The average molecular weight is 549 g/mol. The minimum Gasteiger partial charge on any atom is -0.393 e. The van der Waals surface area contributed by atoms with Crippen molar-refractivity contribution in [3.63, 3.8) is 0 Å². The van der Waals surface area contributed by atoms with E-state index in [-0.39, 0.29) is 24.0 Å². The Bertz CT molecular complexity index is 1040. The Morgan fingerprint density at radius 1 is 0.846 bits per heavy atom. The molecule has 0 radical (unpaired) electrons. The van der Waals surface area contributed by atoms with Crippen LogP contribution in [0, 0.1) is 0 Å². The van der Waals surface area contributed by atoms with E-state index in [9.17, 15) is 39.6 Å². The zero-order valence-electron chi connectivity index (χ0n) is 22.1. The number of piperidine rings is 1. The number of fused-ring (bicyclic) bond motifs is 1. The second kappa shape index (κ2) is 14.5. The number of anilines is 1. The molecule has 2 aliphatic rings. The molecule has 1 aromatic carbocycles. The van der Waals surface area contributed by atoms with Crippen LogP contribution < -0.4 is 16.4 Å². The first-order valence-corrected chi connectivity index (χ1v) is 13.6. The number of hydrogen-bond donors (Lipinski definition) is 7. The maximum absolute atomic E-state index is 13.1. The molecule has 12 nitrogen and oxygen atoms in total. The fourth-order valence-electron chi connectivity index (χ4n) is 4.96. The summed E-state index contributed by atoms with van der Waals surface area (Å²) in [7, 11) is 0. The lowest BCUT2D eigenvalue weighted by Crippen LogP contribution is -2.54. The van der Waals surface area contributed by atoms with Gasteiger partial charge in [0.05, 0.1) is 35.5 Å². The number of nitrogens with one attached hydrogen (secondary N) is 2. The standard InChI is InChI=1S/C27H40N4O8/c28-14-12-18(34)8-6-16(32)4-5-17(33)7-9-19(35)13-15-29-21-3-1-2-20-24(21)27(39)31(26(20)38)22-10-11-23(36)30-25(22)37/h1-3,16-19,22,29,32-35H,4-15,28H2,(H,30,36,37). The van der Waals surface area contributed by atoms with Gasteiger partial charge in [0.2, 0.25) is 11.8 Å². The third-order valence-corrected chi connectivity index (χ3v) is 7.26. The number of nitrogens with zero attached hydrogens (tertiary/aromatic N) is 1. The largest absolute Gasteiger partial charge is 0.393 e. The van der Waals surface area contributed by atoms with Gasteiger partial charge in [-0.2, -0.15) is 0 Å². The molecule has 0 aromatic heterocycles. The fraction of sp³-hybridized carbons (Fsp3) is 0.630. The molecule has 2 aliphatic heterocycles. The van der Waals surface area contributed by atoms with Gasteiger partial charge in [-0.3, -0.25) is 29.4 Å². The van der Waals surface area contributed by atoms with Gasteiger partial charge in [0, 0.05) is 18.7 Å². The minimum absolute atomic E-state index is 0.0431. The summed E-state index contributed by atoms with van der Waals surface area (Å²) in [5.74, 6) is -2.29. The Labute approximate surface area is 227 Å². The van der Waals surface area contributed by atoms with Gasteiger partial charge in [-0.1, -0.05) is 6.07 Å². The van der Waals surface area contributed by atoms with Crippen molar-refractivity contribution in [2.45, 2.75) is 94.7 Å². The number of amides is 4. The second-order valence-electron chi connectivity index (χ2n) is 10.3. The molecule has 1 saturated heterocycles. The van der Waals surface area contributed by atoms with Crippen molar-refractivity contribution >= 4 is 29.3 Å². The van der Waals surface area contributed by atoms with E-state index in [1.807, 2.05) is 0 Å². The smallest absolute Gasteiger partial charge is 0.264 e. The van der Waals surface area contributed by atoms with Gasteiger partial charge in [-0.15, -0.1) is 0 Å². The van der Waals surface area contributed by atoms with Crippen molar-refractivity contribution in [1.82, 2.24) is 10.2 Å². The first kappa shape index (κ1) is 30.6. The van der Waals surface area contributed by atoms with Gasteiger partial charge in [0.1, 0.15) is 6.04 Å². The van der Waals surface area contributed by atoms with Crippen LogP contribution in [0.1, 0.15) is 84.9 Å². The molecular formula is C27H40N4O8. The van der Waals surface area contributed by atoms with Crippen molar-refractivity contribution in [1.29, 1.82) is 0 Å². The van der Waals surface area contributed by atoms with Crippen molar-refractivity contribution in [2.75, 3.05) is 18.4 Å². The molecule has 1 fully saturated rings. The van der Waals surface area contributed by atoms with Crippen LogP contribution in [0.2, 0.25) is 0 Å². The predicted molar refractivity (Wildman–Crippen MR) is 142 cm³/mol. The summed E-state index contributed by atoms with van der Waals surface area (Å²) in [6.45, 7) is 0.694. The SMILES string of the molecule is NCCC(O)CCC(O)CCC(O)CCC(O)CCNc1cccc2c1C(=O)N(C1CCC(=O)NC1=O)C2=O. The Balaban J connectivity index is 1.42. The number of hydrogen-bond acceptors (Lipinski definition) is 10. The molecule has 0 spiro atoms. The highest BCUT2D eigenvalue weighted by Gasteiger charge is 2.45. The molecule has 1 aromatic rings. The molecule has 12 heteroatoms. The average Bonchev–Trinajstić information content (AvgIpc) is 3.15. The number of benzene rings is 1. The van der Waals surface area contributed by atoms with Crippen molar-refractivity contribution in [3.8, 4) is 0 Å². The molecule has 8 N–H and O–H groups in total. The number of rotatable bonds is 16. The van der Waals surface area contributed by atoms with Gasteiger partial charge in [-0.25, -0.2) is 0 Å². The Morgan fingerprint density at radius 3 is 1.97 bits per heavy atom. The molecule has 216 valence electrons. The van der Waals surface area contributed by atoms with Gasteiger partial charge >= 0.3 is 0 Å². The maximum Gasteiger partial charge on any atom is 0.264 e. The number of imide groups is 2. The number of aliphatic hydroxyl groups excluding tert-OH is 4. The summed E-state index contributed by atoms with van der Waals surface area (Å²) in [6.07, 6.45) is 0.798. The molecule has 2 heterocycles. The summed E-state index contributed by atoms with van der Waals surface area (Å²) in [6, 6.07) is 3.75. The van der Waals surface area contributed by atoms with E-state index in [4.69, 9.17) is 5.73 Å². The third kappa shape index (κ3) is 8.29. The number of nitrogens with two attached hydrogens (primary N) is 1. The zero-order chi connectivity index (χ0) is 28.5. The summed E-state index contributed by atoms with van der Waals surface area (Å²) < 4.78 is 0.